The molecule has 34 heavy (non-hydrogen) atoms. The molecule has 0 N–H and O–H groups in total. The highest BCUT2D eigenvalue weighted by Crippen LogP contribution is 2.43. The van der Waals surface area contributed by atoms with Crippen LogP contribution >= 0.6 is 0 Å². The summed E-state index contributed by atoms with van der Waals surface area (Å²) in [7, 11) is 4.22. The van der Waals surface area contributed by atoms with Gasteiger partial charge in [0.1, 0.15) is 0 Å². The monoisotopic (exact) mass is 467 g/mol. The number of pyridine rings is 1. The van der Waals surface area contributed by atoms with E-state index in [4.69, 9.17) is 0 Å². The van der Waals surface area contributed by atoms with Crippen molar-refractivity contribution in [3.05, 3.63) is 30.1 Å². The fourth-order valence-corrected chi connectivity index (χ4v) is 7.61. The number of nitrogens with zero attached hydrogens (tertiary/aromatic N) is 5. The van der Waals surface area contributed by atoms with Crippen LogP contribution in [0, 0.1) is 11.8 Å². The van der Waals surface area contributed by atoms with Crippen molar-refractivity contribution < 1.29 is 4.79 Å². The second-order valence-corrected chi connectivity index (χ2v) is 11.5. The van der Waals surface area contributed by atoms with Gasteiger partial charge in [-0.1, -0.05) is 6.07 Å². The molecule has 0 saturated carbocycles. The molecule has 1 amide bonds. The number of piperidine rings is 4. The van der Waals surface area contributed by atoms with Gasteiger partial charge in [0.05, 0.1) is 0 Å². The zero-order valence-corrected chi connectivity index (χ0v) is 21.4. The fraction of sp³-hybridized carbons (Fsp3) is 0.786. The van der Waals surface area contributed by atoms with E-state index in [1.165, 1.54) is 50.9 Å². The minimum Gasteiger partial charge on any atom is -0.343 e. The smallest absolute Gasteiger partial charge is 0.222 e. The van der Waals surface area contributed by atoms with Crippen molar-refractivity contribution in [1.29, 1.82) is 0 Å². The summed E-state index contributed by atoms with van der Waals surface area (Å²) in [5.74, 6) is 1.92. The maximum Gasteiger partial charge on any atom is 0.222 e. The lowest BCUT2D eigenvalue weighted by Gasteiger charge is -2.57. The summed E-state index contributed by atoms with van der Waals surface area (Å²) >= 11 is 0. The molecular formula is C28H45N5O. The van der Waals surface area contributed by atoms with E-state index < -0.39 is 0 Å². The summed E-state index contributed by atoms with van der Waals surface area (Å²) in [6.07, 6.45) is 14.4. The van der Waals surface area contributed by atoms with Crippen LogP contribution in [0.5, 0.6) is 0 Å². The fourth-order valence-electron chi connectivity index (χ4n) is 7.61. The van der Waals surface area contributed by atoms with Crippen LogP contribution in [0.25, 0.3) is 0 Å². The van der Waals surface area contributed by atoms with Crippen LogP contribution in [0.4, 0.5) is 0 Å². The van der Waals surface area contributed by atoms with Gasteiger partial charge in [0.25, 0.3) is 0 Å². The van der Waals surface area contributed by atoms with Crippen LogP contribution in [-0.4, -0.2) is 95.4 Å². The zero-order valence-electron chi connectivity index (χ0n) is 21.4. The molecule has 4 aliphatic rings. The van der Waals surface area contributed by atoms with Gasteiger partial charge in [-0.2, -0.15) is 0 Å². The highest BCUT2D eigenvalue weighted by atomic mass is 16.2. The molecule has 4 saturated heterocycles. The van der Waals surface area contributed by atoms with E-state index in [1.54, 1.807) is 0 Å². The molecule has 0 aliphatic carbocycles. The molecule has 0 unspecified atom stereocenters. The standard InChI is InChI=1S/C28H45N5O/c1-30-17-12-24(13-18-30)31(2)27(34)11-3-10-26-25-9-6-16-32-15-5-8-23(28(25)32)21-33(26)20-22-7-4-14-29-19-22/h4,7,14,19,23-26,28H,3,5-6,8-13,15-18,20-21H2,1-2H3/t23-,25+,26+,28-/m0/s1. The van der Waals surface area contributed by atoms with E-state index >= 15 is 0 Å². The van der Waals surface area contributed by atoms with E-state index in [-0.39, 0.29) is 0 Å². The van der Waals surface area contributed by atoms with Crippen LogP contribution in [0.2, 0.25) is 0 Å². The third kappa shape index (κ3) is 5.34. The summed E-state index contributed by atoms with van der Waals surface area (Å²) in [4.78, 5) is 27.5. The van der Waals surface area contributed by atoms with Crippen molar-refractivity contribution >= 4 is 5.91 Å². The molecule has 4 atom stereocenters. The molecule has 0 bridgehead atoms. The van der Waals surface area contributed by atoms with E-state index in [0.717, 1.165) is 63.2 Å². The molecule has 188 valence electrons. The van der Waals surface area contributed by atoms with Gasteiger partial charge in [-0.15, -0.1) is 0 Å². The predicted molar refractivity (Wildman–Crippen MR) is 136 cm³/mol. The Kier molecular flexibility index (Phi) is 7.87. The lowest BCUT2D eigenvalue weighted by molar-refractivity contribution is -0.133. The normalized spacial score (nSPS) is 31.2. The number of carbonyl (C=O) groups excluding carboxylic acids is 1. The van der Waals surface area contributed by atoms with Crippen LogP contribution in [0.15, 0.2) is 24.5 Å². The van der Waals surface area contributed by atoms with Gasteiger partial charge >= 0.3 is 0 Å². The first-order valence-corrected chi connectivity index (χ1v) is 13.9. The molecular weight excluding hydrogens is 422 g/mol. The molecule has 1 aromatic rings. The van der Waals surface area contributed by atoms with E-state index in [0.29, 0.717) is 24.4 Å². The maximum absolute atomic E-state index is 13.1. The average molecular weight is 468 g/mol. The average Bonchev–Trinajstić information content (AvgIpc) is 2.86. The first kappa shape index (κ1) is 24.2. The molecule has 5 rings (SSSR count). The number of hydrogen-bond donors (Lipinski definition) is 0. The van der Waals surface area contributed by atoms with E-state index in [1.807, 2.05) is 19.4 Å². The van der Waals surface area contributed by atoms with Crippen molar-refractivity contribution in [1.82, 2.24) is 24.6 Å². The van der Waals surface area contributed by atoms with Crippen LogP contribution in [-0.2, 0) is 11.3 Å². The molecule has 6 heteroatoms. The Morgan fingerprint density at radius 3 is 2.68 bits per heavy atom. The third-order valence-electron chi connectivity index (χ3n) is 9.41. The highest BCUT2D eigenvalue weighted by Gasteiger charge is 2.48. The first-order chi connectivity index (χ1) is 16.6. The number of carbonyl (C=O) groups is 1. The van der Waals surface area contributed by atoms with Gasteiger partial charge in [-0.25, -0.2) is 0 Å². The molecule has 4 aliphatic heterocycles. The lowest BCUT2D eigenvalue weighted by atomic mass is 9.69. The SMILES string of the molecule is CN1CCC(N(C)C(=O)CCC[C@@H]2[C@H]3CCCN4CCC[C@@H](CN2Cc2cccnc2)[C@@H]34)CC1. The Morgan fingerprint density at radius 1 is 1.12 bits per heavy atom. The van der Waals surface area contributed by atoms with Crippen molar-refractivity contribution in [2.24, 2.45) is 11.8 Å². The Hall–Kier alpha value is -1.50. The number of amides is 1. The molecule has 6 nitrogen and oxygen atoms in total. The number of rotatable bonds is 7. The maximum atomic E-state index is 13.1. The summed E-state index contributed by atoms with van der Waals surface area (Å²) < 4.78 is 0. The topological polar surface area (TPSA) is 42.9 Å². The lowest BCUT2D eigenvalue weighted by Crippen LogP contribution is -2.64. The predicted octanol–water partition coefficient (Wildman–Crippen LogP) is 3.48. The van der Waals surface area contributed by atoms with Gasteiger partial charge in [-0.05, 0) is 108 Å². The van der Waals surface area contributed by atoms with Crippen molar-refractivity contribution in [3.8, 4) is 0 Å². The van der Waals surface area contributed by atoms with Crippen molar-refractivity contribution in [2.45, 2.75) is 82.5 Å². The van der Waals surface area contributed by atoms with Crippen LogP contribution in [0.3, 0.4) is 0 Å². The minimum absolute atomic E-state index is 0.352. The number of hydrogen-bond acceptors (Lipinski definition) is 5. The summed E-state index contributed by atoms with van der Waals surface area (Å²) in [6.45, 7) is 7.02. The summed E-state index contributed by atoms with van der Waals surface area (Å²) in [6, 6.07) is 6.08. The Balaban J connectivity index is 1.23. The van der Waals surface area contributed by atoms with Gasteiger partial charge < -0.3 is 9.80 Å². The summed E-state index contributed by atoms with van der Waals surface area (Å²) in [5.41, 5.74) is 1.33. The van der Waals surface area contributed by atoms with Crippen molar-refractivity contribution in [3.63, 3.8) is 0 Å². The Morgan fingerprint density at radius 2 is 1.91 bits per heavy atom. The largest absolute Gasteiger partial charge is 0.343 e. The van der Waals surface area contributed by atoms with Gasteiger partial charge in [0.2, 0.25) is 5.91 Å². The highest BCUT2D eigenvalue weighted by molar-refractivity contribution is 5.76. The molecule has 4 fully saturated rings. The molecule has 0 aromatic carbocycles. The van der Waals surface area contributed by atoms with Crippen LogP contribution in [0.1, 0.15) is 63.4 Å². The summed E-state index contributed by atoms with van der Waals surface area (Å²) in [5, 5.41) is 0. The third-order valence-corrected chi connectivity index (χ3v) is 9.41. The second kappa shape index (κ2) is 11.0. The van der Waals surface area contributed by atoms with Gasteiger partial charge in [0, 0.05) is 57.1 Å². The first-order valence-electron chi connectivity index (χ1n) is 13.9. The zero-order chi connectivity index (χ0) is 23.5. The van der Waals surface area contributed by atoms with Crippen LogP contribution < -0.4 is 0 Å². The van der Waals surface area contributed by atoms with Gasteiger partial charge in [-0.3, -0.25) is 19.6 Å². The van der Waals surface area contributed by atoms with E-state index in [2.05, 4.69) is 43.8 Å². The number of likely N-dealkylation sites (tertiary alicyclic amines) is 2. The van der Waals surface area contributed by atoms with Gasteiger partial charge in [0.15, 0.2) is 0 Å². The minimum atomic E-state index is 0.352. The van der Waals surface area contributed by atoms with E-state index in [9.17, 15) is 4.79 Å². The molecule has 1 aromatic heterocycles. The molecule has 0 radical (unpaired) electrons. The molecule has 0 spiro atoms. The molecule has 5 heterocycles. The number of aromatic nitrogens is 1. The van der Waals surface area contributed by atoms with Crippen molar-refractivity contribution in [2.75, 3.05) is 46.8 Å². The second-order valence-electron chi connectivity index (χ2n) is 11.5. The quantitative estimate of drug-likeness (QED) is 0.614. The Bertz CT molecular complexity index is 793. The Labute approximate surface area is 206 Å².